The molecule has 10 heteroatoms. The Morgan fingerprint density at radius 3 is 2.50 bits per heavy atom. The van der Waals surface area contributed by atoms with Gasteiger partial charge in [-0.1, -0.05) is 30.3 Å². The molecule has 0 radical (unpaired) electrons. The van der Waals surface area contributed by atoms with E-state index in [9.17, 15) is 19.0 Å². The number of carbonyl (C=O) groups excluding carboxylic acids is 1. The summed E-state index contributed by atoms with van der Waals surface area (Å²) < 4.78 is 22.1. The van der Waals surface area contributed by atoms with Crippen LogP contribution >= 0.6 is 7.60 Å². The first-order valence-electron chi connectivity index (χ1n) is 8.17. The van der Waals surface area contributed by atoms with E-state index in [2.05, 4.69) is 5.32 Å². The minimum atomic E-state index is -4.42. The molecule has 3 atom stereocenters. The zero-order chi connectivity index (χ0) is 19.6. The first-order chi connectivity index (χ1) is 12.3. The molecular formula is C16H25N2O7P. The summed E-state index contributed by atoms with van der Waals surface area (Å²) >= 11 is 0. The first kappa shape index (κ1) is 22.1. The van der Waals surface area contributed by atoms with Crippen molar-refractivity contribution >= 4 is 19.7 Å². The Labute approximate surface area is 152 Å². The summed E-state index contributed by atoms with van der Waals surface area (Å²) in [6, 6.07) is 8.90. The van der Waals surface area contributed by atoms with Gasteiger partial charge >= 0.3 is 19.7 Å². The van der Waals surface area contributed by atoms with Gasteiger partial charge in [0.1, 0.15) is 12.4 Å². The summed E-state index contributed by atoms with van der Waals surface area (Å²) in [6.07, 6.45) is -1.31. The molecule has 1 rings (SSSR count). The molecule has 1 unspecified atom stereocenters. The number of benzene rings is 1. The van der Waals surface area contributed by atoms with Gasteiger partial charge in [0.05, 0.1) is 0 Å². The molecule has 0 aliphatic carbocycles. The van der Waals surface area contributed by atoms with Crippen LogP contribution in [0.4, 0.5) is 4.79 Å². The van der Waals surface area contributed by atoms with Gasteiger partial charge < -0.3 is 25.8 Å². The van der Waals surface area contributed by atoms with Crippen LogP contribution in [0.3, 0.4) is 0 Å². The number of carbonyl (C=O) groups is 2. The zero-order valence-electron chi connectivity index (χ0n) is 14.5. The van der Waals surface area contributed by atoms with E-state index < -0.39 is 31.5 Å². The Balaban J connectivity index is 2.53. The number of amides is 1. The van der Waals surface area contributed by atoms with Crippen LogP contribution < -0.4 is 11.1 Å². The fourth-order valence-electron chi connectivity index (χ4n) is 1.99. The van der Waals surface area contributed by atoms with Crippen LogP contribution in [0, 0.1) is 0 Å². The van der Waals surface area contributed by atoms with Crippen molar-refractivity contribution in [1.29, 1.82) is 0 Å². The van der Waals surface area contributed by atoms with E-state index in [0.29, 0.717) is 19.4 Å². The predicted octanol–water partition coefficient (Wildman–Crippen LogP) is 2.04. The van der Waals surface area contributed by atoms with Crippen molar-refractivity contribution in [2.45, 2.75) is 44.7 Å². The third-order valence-corrected chi connectivity index (χ3v) is 5.17. The van der Waals surface area contributed by atoms with Gasteiger partial charge in [-0.25, -0.2) is 9.59 Å². The molecule has 0 aliphatic rings. The Morgan fingerprint density at radius 1 is 1.27 bits per heavy atom. The molecule has 1 aromatic rings. The van der Waals surface area contributed by atoms with Crippen molar-refractivity contribution in [3.63, 3.8) is 0 Å². The summed E-state index contributed by atoms with van der Waals surface area (Å²) in [5, 5.41) is 11.3. The highest BCUT2D eigenvalue weighted by Gasteiger charge is 2.35. The van der Waals surface area contributed by atoms with Gasteiger partial charge in [-0.3, -0.25) is 9.09 Å². The Hall–Kier alpha value is -1.93. The molecule has 5 N–H and O–H groups in total. The van der Waals surface area contributed by atoms with E-state index in [1.165, 1.54) is 6.92 Å². The number of hydrogen-bond donors (Lipinski definition) is 4. The summed E-state index contributed by atoms with van der Waals surface area (Å²) in [6.45, 7) is 1.62. The molecule has 1 aromatic carbocycles. The van der Waals surface area contributed by atoms with Crippen LogP contribution in [0.5, 0.6) is 0 Å². The third kappa shape index (κ3) is 7.97. The number of unbranched alkanes of at least 4 members (excludes halogenated alkanes) is 1. The average molecular weight is 388 g/mol. The van der Waals surface area contributed by atoms with E-state index in [1.54, 1.807) is 24.3 Å². The second kappa shape index (κ2) is 10.9. The minimum absolute atomic E-state index is 0.00712. The zero-order valence-corrected chi connectivity index (χ0v) is 15.4. The standard InChI is InChI=1S/C16H25N2O7P/c1-12(18-16(21)24-11-13-7-3-2-4-8-13)26(22,23)25-14(15(19)20)9-5-6-10-17/h2-4,7-8,12,14H,5-6,9-11,17H2,1H3,(H,18,21)(H,19,20)(H,22,23)/t12-,14-/m1/s1. The first-order valence-corrected chi connectivity index (χ1v) is 9.82. The molecule has 0 aliphatic heterocycles. The van der Waals surface area contributed by atoms with Gasteiger partial charge in [0, 0.05) is 0 Å². The molecule has 0 saturated heterocycles. The number of carboxylic acids is 1. The molecule has 146 valence electrons. The molecule has 26 heavy (non-hydrogen) atoms. The van der Waals surface area contributed by atoms with Gasteiger partial charge in [-0.15, -0.1) is 0 Å². The van der Waals surface area contributed by atoms with Crippen LogP contribution in [0.2, 0.25) is 0 Å². The van der Waals surface area contributed by atoms with Crippen LogP contribution in [-0.2, 0) is 25.2 Å². The second-order valence-electron chi connectivity index (χ2n) is 5.66. The Kier molecular flexibility index (Phi) is 9.29. The molecule has 0 spiro atoms. The molecule has 0 aromatic heterocycles. The van der Waals surface area contributed by atoms with Crippen LogP contribution in [0.25, 0.3) is 0 Å². The molecule has 1 amide bonds. The lowest BCUT2D eigenvalue weighted by Crippen LogP contribution is -2.35. The van der Waals surface area contributed by atoms with Crippen molar-refractivity contribution in [2.24, 2.45) is 5.73 Å². The lowest BCUT2D eigenvalue weighted by atomic mass is 10.1. The topological polar surface area (TPSA) is 148 Å². The van der Waals surface area contributed by atoms with Gasteiger partial charge in [-0.05, 0) is 38.3 Å². The second-order valence-corrected chi connectivity index (χ2v) is 7.78. The number of ether oxygens (including phenoxy) is 1. The smallest absolute Gasteiger partial charge is 0.408 e. The van der Waals surface area contributed by atoms with E-state index in [4.69, 9.17) is 20.1 Å². The number of carboxylic acid groups (broad SMARTS) is 1. The maximum Gasteiger partial charge on any atom is 0.408 e. The highest BCUT2D eigenvalue weighted by molar-refractivity contribution is 7.53. The summed E-state index contributed by atoms with van der Waals surface area (Å²) in [4.78, 5) is 32.9. The number of nitrogens with two attached hydrogens (primary N) is 1. The maximum atomic E-state index is 12.2. The van der Waals surface area contributed by atoms with Crippen molar-refractivity contribution < 1.29 is 33.4 Å². The number of aliphatic carboxylic acids is 1. The SMILES string of the molecule is C[C@H](NC(=O)OCc1ccccc1)P(=O)(O)O[C@H](CCCCN)C(=O)O. The van der Waals surface area contributed by atoms with Crippen LogP contribution in [0.1, 0.15) is 31.7 Å². The molecule has 0 bridgehead atoms. The van der Waals surface area contributed by atoms with E-state index in [1.807, 2.05) is 6.07 Å². The number of nitrogens with one attached hydrogen (secondary N) is 1. The minimum Gasteiger partial charge on any atom is -0.479 e. The Morgan fingerprint density at radius 2 is 1.92 bits per heavy atom. The monoisotopic (exact) mass is 388 g/mol. The highest BCUT2D eigenvalue weighted by Crippen LogP contribution is 2.47. The van der Waals surface area contributed by atoms with E-state index in [-0.39, 0.29) is 13.0 Å². The lowest BCUT2D eigenvalue weighted by molar-refractivity contribution is -0.145. The normalized spacial score (nSPS) is 15.5. The van der Waals surface area contributed by atoms with Gasteiger partial charge in [-0.2, -0.15) is 0 Å². The van der Waals surface area contributed by atoms with Gasteiger partial charge in [0.25, 0.3) is 0 Å². The predicted molar refractivity (Wildman–Crippen MR) is 94.5 cm³/mol. The Bertz CT molecular complexity index is 626. The fourth-order valence-corrected chi connectivity index (χ4v) is 3.00. The van der Waals surface area contributed by atoms with Crippen LogP contribution in [0.15, 0.2) is 30.3 Å². The van der Waals surface area contributed by atoms with Crippen molar-refractivity contribution in [2.75, 3.05) is 6.54 Å². The van der Waals surface area contributed by atoms with Crippen molar-refractivity contribution in [3.05, 3.63) is 35.9 Å². The summed E-state index contributed by atoms with van der Waals surface area (Å²) in [5.74, 6) is -2.68. The van der Waals surface area contributed by atoms with Crippen molar-refractivity contribution in [1.82, 2.24) is 5.32 Å². The largest absolute Gasteiger partial charge is 0.479 e. The molecule has 0 saturated carbocycles. The average Bonchev–Trinajstić information content (AvgIpc) is 2.60. The van der Waals surface area contributed by atoms with E-state index >= 15 is 0 Å². The summed E-state index contributed by atoms with van der Waals surface area (Å²) in [5.41, 5.74) is 6.09. The van der Waals surface area contributed by atoms with Gasteiger partial charge in [0.15, 0.2) is 6.10 Å². The van der Waals surface area contributed by atoms with E-state index in [0.717, 1.165) is 5.56 Å². The third-order valence-electron chi connectivity index (χ3n) is 3.50. The van der Waals surface area contributed by atoms with Gasteiger partial charge in [0.2, 0.25) is 0 Å². The number of alkyl carbamates (subject to hydrolysis) is 1. The molecule has 0 fully saturated rings. The lowest BCUT2D eigenvalue weighted by Gasteiger charge is -2.23. The van der Waals surface area contributed by atoms with Crippen molar-refractivity contribution in [3.8, 4) is 0 Å². The molecule has 9 nitrogen and oxygen atoms in total. The maximum absolute atomic E-state index is 12.2. The quantitative estimate of drug-likeness (QED) is 0.332. The number of rotatable bonds is 11. The highest BCUT2D eigenvalue weighted by atomic mass is 31.2. The summed E-state index contributed by atoms with van der Waals surface area (Å²) in [7, 11) is -4.42. The fraction of sp³-hybridized carbons (Fsp3) is 0.500. The number of hydrogen-bond acceptors (Lipinski definition) is 6. The molecular weight excluding hydrogens is 363 g/mol. The molecule has 0 heterocycles. The van der Waals surface area contributed by atoms with Crippen LogP contribution in [-0.4, -0.2) is 40.5 Å².